The van der Waals surface area contributed by atoms with Crippen molar-refractivity contribution >= 4 is 23.2 Å². The first-order valence-corrected chi connectivity index (χ1v) is 5.08. The Morgan fingerprint density at radius 1 is 1.46 bits per heavy atom. The SMILES string of the molecule is C[C@H](CCl)COc1cccc(Cl)c1. The molecule has 0 unspecified atom stereocenters. The van der Waals surface area contributed by atoms with Crippen LogP contribution in [0.1, 0.15) is 6.92 Å². The highest BCUT2D eigenvalue weighted by Gasteiger charge is 2.01. The van der Waals surface area contributed by atoms with Gasteiger partial charge < -0.3 is 4.74 Å². The lowest BCUT2D eigenvalue weighted by Gasteiger charge is -2.09. The highest BCUT2D eigenvalue weighted by Crippen LogP contribution is 2.17. The molecule has 0 amide bonds. The highest BCUT2D eigenvalue weighted by atomic mass is 35.5. The van der Waals surface area contributed by atoms with Crippen LogP contribution in [0.15, 0.2) is 24.3 Å². The largest absolute Gasteiger partial charge is 0.493 e. The van der Waals surface area contributed by atoms with Gasteiger partial charge in [-0.1, -0.05) is 24.6 Å². The molecule has 72 valence electrons. The summed E-state index contributed by atoms with van der Waals surface area (Å²) in [7, 11) is 0. The van der Waals surface area contributed by atoms with Gasteiger partial charge in [-0.3, -0.25) is 0 Å². The van der Waals surface area contributed by atoms with E-state index < -0.39 is 0 Å². The van der Waals surface area contributed by atoms with Gasteiger partial charge in [-0.15, -0.1) is 11.6 Å². The van der Waals surface area contributed by atoms with Crippen molar-refractivity contribution in [3.05, 3.63) is 29.3 Å². The average molecular weight is 219 g/mol. The summed E-state index contributed by atoms with van der Waals surface area (Å²) in [5.74, 6) is 1.77. The molecule has 1 nitrogen and oxygen atoms in total. The van der Waals surface area contributed by atoms with Crippen LogP contribution in [0.5, 0.6) is 5.75 Å². The zero-order chi connectivity index (χ0) is 9.68. The molecule has 0 aliphatic rings. The molecule has 0 aliphatic carbocycles. The van der Waals surface area contributed by atoms with E-state index in [4.69, 9.17) is 27.9 Å². The van der Waals surface area contributed by atoms with E-state index in [0.717, 1.165) is 5.75 Å². The molecule has 1 atom stereocenters. The van der Waals surface area contributed by atoms with Crippen LogP contribution in [-0.2, 0) is 0 Å². The molecule has 1 rings (SSSR count). The van der Waals surface area contributed by atoms with Gasteiger partial charge in [0.2, 0.25) is 0 Å². The van der Waals surface area contributed by atoms with Crippen molar-refractivity contribution in [1.29, 1.82) is 0 Å². The average Bonchev–Trinajstić information content (AvgIpc) is 2.14. The lowest BCUT2D eigenvalue weighted by atomic mass is 10.2. The topological polar surface area (TPSA) is 9.23 Å². The minimum absolute atomic E-state index is 0.362. The van der Waals surface area contributed by atoms with E-state index >= 15 is 0 Å². The van der Waals surface area contributed by atoms with E-state index in [1.807, 2.05) is 25.1 Å². The zero-order valence-electron chi connectivity index (χ0n) is 7.47. The van der Waals surface area contributed by atoms with Gasteiger partial charge in [0, 0.05) is 16.8 Å². The van der Waals surface area contributed by atoms with E-state index in [1.165, 1.54) is 0 Å². The predicted octanol–water partition coefficient (Wildman–Crippen LogP) is 3.59. The van der Waals surface area contributed by atoms with Gasteiger partial charge in [-0.05, 0) is 18.2 Å². The molecule has 1 aromatic carbocycles. The number of alkyl halides is 1. The van der Waals surface area contributed by atoms with Crippen molar-refractivity contribution in [3.8, 4) is 5.75 Å². The Morgan fingerprint density at radius 3 is 2.85 bits per heavy atom. The second-order valence-electron chi connectivity index (χ2n) is 3.03. The molecule has 0 fully saturated rings. The van der Waals surface area contributed by atoms with Crippen molar-refractivity contribution in [1.82, 2.24) is 0 Å². The van der Waals surface area contributed by atoms with Crippen LogP contribution in [0.3, 0.4) is 0 Å². The van der Waals surface area contributed by atoms with Gasteiger partial charge in [0.25, 0.3) is 0 Å². The van der Waals surface area contributed by atoms with Crippen LogP contribution >= 0.6 is 23.2 Å². The second kappa shape index (κ2) is 5.36. The summed E-state index contributed by atoms with van der Waals surface area (Å²) in [6.45, 7) is 2.67. The molecule has 0 radical (unpaired) electrons. The number of rotatable bonds is 4. The van der Waals surface area contributed by atoms with E-state index in [-0.39, 0.29) is 0 Å². The maximum atomic E-state index is 5.79. The third-order valence-electron chi connectivity index (χ3n) is 1.59. The van der Waals surface area contributed by atoms with Crippen LogP contribution in [0.4, 0.5) is 0 Å². The molecular formula is C10H12Cl2O. The molecule has 3 heteroatoms. The summed E-state index contributed by atoms with van der Waals surface area (Å²) in [5.41, 5.74) is 0. The molecule has 0 saturated carbocycles. The normalized spacial score (nSPS) is 12.5. The van der Waals surface area contributed by atoms with Gasteiger partial charge in [-0.25, -0.2) is 0 Å². The zero-order valence-corrected chi connectivity index (χ0v) is 8.98. The molecule has 0 N–H and O–H groups in total. The van der Waals surface area contributed by atoms with E-state index in [1.54, 1.807) is 6.07 Å². The summed E-state index contributed by atoms with van der Waals surface area (Å²) in [6.07, 6.45) is 0. The minimum atomic E-state index is 0.362. The van der Waals surface area contributed by atoms with Crippen molar-refractivity contribution in [2.45, 2.75) is 6.92 Å². The van der Waals surface area contributed by atoms with Crippen LogP contribution in [0, 0.1) is 5.92 Å². The summed E-state index contributed by atoms with van der Waals surface area (Å²) in [6, 6.07) is 7.36. The number of hydrogen-bond donors (Lipinski definition) is 0. The molecule has 0 bridgehead atoms. The van der Waals surface area contributed by atoms with Crippen LogP contribution in [0.25, 0.3) is 0 Å². The lowest BCUT2D eigenvalue weighted by Crippen LogP contribution is -2.09. The van der Waals surface area contributed by atoms with Gasteiger partial charge in [-0.2, -0.15) is 0 Å². The van der Waals surface area contributed by atoms with Crippen LogP contribution < -0.4 is 4.74 Å². The van der Waals surface area contributed by atoms with Crippen LogP contribution in [-0.4, -0.2) is 12.5 Å². The number of benzene rings is 1. The number of ether oxygens (including phenoxy) is 1. The lowest BCUT2D eigenvalue weighted by molar-refractivity contribution is 0.273. The minimum Gasteiger partial charge on any atom is -0.493 e. The molecule has 1 aromatic rings. The molecule has 0 aromatic heterocycles. The monoisotopic (exact) mass is 218 g/mol. The van der Waals surface area contributed by atoms with Crippen molar-refractivity contribution in [2.24, 2.45) is 5.92 Å². The first-order chi connectivity index (χ1) is 6.22. The Hall–Kier alpha value is -0.400. The fourth-order valence-corrected chi connectivity index (χ4v) is 1.11. The third kappa shape index (κ3) is 3.88. The first-order valence-electron chi connectivity index (χ1n) is 4.16. The Bertz CT molecular complexity index is 263. The molecular weight excluding hydrogens is 207 g/mol. The standard InChI is InChI=1S/C10H12Cl2O/c1-8(6-11)7-13-10-4-2-3-9(12)5-10/h2-5,8H,6-7H2,1H3/t8-/m1/s1. The number of hydrogen-bond acceptors (Lipinski definition) is 1. The van der Waals surface area contributed by atoms with Crippen molar-refractivity contribution < 1.29 is 4.74 Å². The fraction of sp³-hybridized carbons (Fsp3) is 0.400. The summed E-state index contributed by atoms with van der Waals surface area (Å²) < 4.78 is 5.47. The molecule has 0 spiro atoms. The summed E-state index contributed by atoms with van der Waals surface area (Å²) in [4.78, 5) is 0. The fourth-order valence-electron chi connectivity index (χ4n) is 0.840. The molecule has 0 heterocycles. The third-order valence-corrected chi connectivity index (χ3v) is 2.36. The van der Waals surface area contributed by atoms with Gasteiger partial charge in [0.05, 0.1) is 6.61 Å². The van der Waals surface area contributed by atoms with Gasteiger partial charge in [0.15, 0.2) is 0 Å². The van der Waals surface area contributed by atoms with Crippen LogP contribution in [0.2, 0.25) is 5.02 Å². The van der Waals surface area contributed by atoms with Gasteiger partial charge in [0.1, 0.15) is 5.75 Å². The van der Waals surface area contributed by atoms with Gasteiger partial charge >= 0.3 is 0 Å². The first kappa shape index (κ1) is 10.7. The van der Waals surface area contributed by atoms with Crippen molar-refractivity contribution in [3.63, 3.8) is 0 Å². The Balaban J connectivity index is 2.45. The van der Waals surface area contributed by atoms with E-state index in [9.17, 15) is 0 Å². The van der Waals surface area contributed by atoms with E-state index in [0.29, 0.717) is 23.4 Å². The molecule has 0 saturated heterocycles. The predicted molar refractivity (Wildman–Crippen MR) is 56.8 cm³/mol. The van der Waals surface area contributed by atoms with E-state index in [2.05, 4.69) is 0 Å². The van der Waals surface area contributed by atoms with Crippen molar-refractivity contribution in [2.75, 3.05) is 12.5 Å². The Labute approximate surface area is 88.6 Å². The summed E-state index contributed by atoms with van der Waals surface area (Å²) >= 11 is 11.4. The number of halogens is 2. The summed E-state index contributed by atoms with van der Waals surface area (Å²) in [5, 5.41) is 0.691. The molecule has 13 heavy (non-hydrogen) atoms. The second-order valence-corrected chi connectivity index (χ2v) is 3.77. The Morgan fingerprint density at radius 2 is 2.23 bits per heavy atom. The maximum absolute atomic E-state index is 5.79. The smallest absolute Gasteiger partial charge is 0.120 e. The Kier molecular flexibility index (Phi) is 4.40. The quantitative estimate of drug-likeness (QED) is 0.703. The highest BCUT2D eigenvalue weighted by molar-refractivity contribution is 6.30. The molecule has 0 aliphatic heterocycles. The maximum Gasteiger partial charge on any atom is 0.120 e.